The molecule has 0 aliphatic carbocycles. The van der Waals surface area contributed by atoms with E-state index in [9.17, 15) is 14.9 Å². The molecule has 0 bridgehead atoms. The van der Waals surface area contributed by atoms with E-state index in [1.807, 2.05) is 6.92 Å². The second kappa shape index (κ2) is 5.83. The topological polar surface area (TPSA) is 81.5 Å². The van der Waals surface area contributed by atoms with E-state index in [1.54, 1.807) is 12.1 Å². The fraction of sp³-hybridized carbons (Fsp3) is 0.364. The third-order valence-corrected chi connectivity index (χ3v) is 2.33. The zero-order chi connectivity index (χ0) is 12.8. The van der Waals surface area contributed by atoms with Crippen LogP contribution >= 0.6 is 0 Å². The van der Waals surface area contributed by atoms with Crippen LogP contribution in [-0.4, -0.2) is 24.5 Å². The largest absolute Gasteiger partial charge is 0.468 e. The first kappa shape index (κ1) is 13.0. The maximum Gasteiger partial charge on any atom is 0.325 e. The van der Waals surface area contributed by atoms with Gasteiger partial charge in [-0.3, -0.25) is 14.9 Å². The van der Waals surface area contributed by atoms with Gasteiger partial charge in [0.15, 0.2) is 0 Å². The Morgan fingerprint density at radius 1 is 1.53 bits per heavy atom. The van der Waals surface area contributed by atoms with Gasteiger partial charge in [-0.05, 0) is 12.5 Å². The molecule has 0 aliphatic heterocycles. The number of nitro groups is 1. The molecule has 17 heavy (non-hydrogen) atoms. The maximum absolute atomic E-state index is 10.9. The lowest BCUT2D eigenvalue weighted by Gasteiger charge is -2.06. The molecular weight excluding hydrogens is 224 g/mol. The second-order valence-electron chi connectivity index (χ2n) is 3.38. The minimum Gasteiger partial charge on any atom is -0.468 e. The number of nitrogens with zero attached hydrogens (tertiary/aromatic N) is 1. The van der Waals surface area contributed by atoms with Crippen molar-refractivity contribution in [2.75, 3.05) is 19.0 Å². The van der Waals surface area contributed by atoms with Crippen molar-refractivity contribution in [3.05, 3.63) is 33.9 Å². The van der Waals surface area contributed by atoms with Crippen LogP contribution in [0.5, 0.6) is 0 Å². The van der Waals surface area contributed by atoms with Crippen molar-refractivity contribution in [3.63, 3.8) is 0 Å². The molecule has 6 heteroatoms. The summed E-state index contributed by atoms with van der Waals surface area (Å²) < 4.78 is 4.46. The fourth-order valence-electron chi connectivity index (χ4n) is 1.39. The normalized spacial score (nSPS) is 9.76. The van der Waals surface area contributed by atoms with Crippen LogP contribution in [0.3, 0.4) is 0 Å². The van der Waals surface area contributed by atoms with Gasteiger partial charge in [-0.1, -0.05) is 13.0 Å². The molecule has 1 rings (SSSR count). The Balaban J connectivity index is 2.85. The van der Waals surface area contributed by atoms with E-state index >= 15 is 0 Å². The predicted octanol–water partition coefficient (Wildman–Crippen LogP) is 1.74. The third-order valence-electron chi connectivity index (χ3n) is 2.33. The van der Waals surface area contributed by atoms with Gasteiger partial charge in [0.25, 0.3) is 5.69 Å². The number of aryl methyl sites for hydroxylation is 1. The molecule has 0 saturated carbocycles. The molecule has 0 aliphatic rings. The van der Waals surface area contributed by atoms with Crippen LogP contribution in [0.1, 0.15) is 12.5 Å². The van der Waals surface area contributed by atoms with Crippen LogP contribution in [-0.2, 0) is 16.0 Å². The van der Waals surface area contributed by atoms with Crippen molar-refractivity contribution in [1.29, 1.82) is 0 Å². The number of hydrogen-bond donors (Lipinski definition) is 1. The number of carbonyl (C=O) groups is 1. The minimum absolute atomic E-state index is 0.0148. The summed E-state index contributed by atoms with van der Waals surface area (Å²) >= 11 is 0. The third kappa shape index (κ3) is 3.44. The van der Waals surface area contributed by atoms with Gasteiger partial charge in [0.1, 0.15) is 6.54 Å². The monoisotopic (exact) mass is 238 g/mol. The SMILES string of the molecule is CCc1ccc(NCC(=O)OC)cc1[N+](=O)[O-]. The summed E-state index contributed by atoms with van der Waals surface area (Å²) in [5.41, 5.74) is 1.25. The van der Waals surface area contributed by atoms with Gasteiger partial charge in [-0.25, -0.2) is 0 Å². The van der Waals surface area contributed by atoms with Gasteiger partial charge >= 0.3 is 5.97 Å². The summed E-state index contributed by atoms with van der Waals surface area (Å²) in [6, 6.07) is 4.80. The van der Waals surface area contributed by atoms with Crippen LogP contribution < -0.4 is 5.32 Å². The Morgan fingerprint density at radius 3 is 2.76 bits per heavy atom. The van der Waals surface area contributed by atoms with Crippen LogP contribution in [0.25, 0.3) is 0 Å². The van der Waals surface area contributed by atoms with Crippen molar-refractivity contribution in [2.45, 2.75) is 13.3 Å². The number of ether oxygens (including phenoxy) is 1. The summed E-state index contributed by atoms with van der Waals surface area (Å²) in [6.45, 7) is 1.84. The van der Waals surface area contributed by atoms with E-state index in [0.29, 0.717) is 17.7 Å². The summed E-state index contributed by atoms with van der Waals surface area (Å²) in [6.07, 6.45) is 0.591. The van der Waals surface area contributed by atoms with Gasteiger partial charge in [0.2, 0.25) is 0 Å². The van der Waals surface area contributed by atoms with Crippen molar-refractivity contribution >= 4 is 17.3 Å². The van der Waals surface area contributed by atoms with Crippen molar-refractivity contribution in [1.82, 2.24) is 0 Å². The predicted molar refractivity (Wildman–Crippen MR) is 63.0 cm³/mol. The quantitative estimate of drug-likeness (QED) is 0.480. The first-order valence-electron chi connectivity index (χ1n) is 5.16. The average Bonchev–Trinajstić information content (AvgIpc) is 2.35. The molecule has 0 fully saturated rings. The number of nitrogens with one attached hydrogen (secondary N) is 1. The summed E-state index contributed by atoms with van der Waals surface area (Å²) in [7, 11) is 1.28. The highest BCUT2D eigenvalue weighted by atomic mass is 16.6. The zero-order valence-corrected chi connectivity index (χ0v) is 9.73. The molecule has 1 aromatic carbocycles. The standard InChI is InChI=1S/C11H14N2O4/c1-3-8-4-5-9(6-10(8)13(15)16)12-7-11(14)17-2/h4-6,12H,3,7H2,1-2H3. The van der Waals surface area contributed by atoms with Crippen LogP contribution in [0.2, 0.25) is 0 Å². The molecule has 0 spiro atoms. The summed E-state index contributed by atoms with van der Waals surface area (Å²) in [5.74, 6) is -0.424. The Kier molecular flexibility index (Phi) is 4.45. The molecule has 92 valence electrons. The summed E-state index contributed by atoms with van der Waals surface area (Å²) in [5, 5.41) is 13.6. The van der Waals surface area contributed by atoms with E-state index in [2.05, 4.69) is 10.1 Å². The van der Waals surface area contributed by atoms with E-state index in [1.165, 1.54) is 13.2 Å². The molecule has 0 amide bonds. The lowest BCUT2D eigenvalue weighted by Crippen LogP contribution is -2.15. The van der Waals surface area contributed by atoms with Crippen LogP contribution in [0.4, 0.5) is 11.4 Å². The van der Waals surface area contributed by atoms with Gasteiger partial charge in [0, 0.05) is 17.3 Å². The molecule has 0 atom stereocenters. The number of hydrogen-bond acceptors (Lipinski definition) is 5. The lowest BCUT2D eigenvalue weighted by molar-refractivity contribution is -0.385. The highest BCUT2D eigenvalue weighted by Gasteiger charge is 2.13. The second-order valence-corrected chi connectivity index (χ2v) is 3.38. The smallest absolute Gasteiger partial charge is 0.325 e. The fourth-order valence-corrected chi connectivity index (χ4v) is 1.39. The van der Waals surface area contributed by atoms with Crippen molar-refractivity contribution in [2.24, 2.45) is 0 Å². The molecule has 0 radical (unpaired) electrons. The first-order chi connectivity index (χ1) is 8.08. The Labute approximate surface area is 98.7 Å². The van der Waals surface area contributed by atoms with E-state index in [0.717, 1.165) is 0 Å². The molecule has 0 heterocycles. The first-order valence-corrected chi connectivity index (χ1v) is 5.16. The number of nitro benzene ring substituents is 1. The average molecular weight is 238 g/mol. The number of rotatable bonds is 5. The number of anilines is 1. The van der Waals surface area contributed by atoms with E-state index in [4.69, 9.17) is 0 Å². The Morgan fingerprint density at radius 2 is 2.24 bits per heavy atom. The molecule has 0 unspecified atom stereocenters. The highest BCUT2D eigenvalue weighted by molar-refractivity contribution is 5.75. The minimum atomic E-state index is -0.428. The zero-order valence-electron chi connectivity index (χ0n) is 9.73. The molecule has 0 aromatic heterocycles. The highest BCUT2D eigenvalue weighted by Crippen LogP contribution is 2.23. The van der Waals surface area contributed by atoms with Gasteiger partial charge in [-0.2, -0.15) is 0 Å². The molecule has 0 saturated heterocycles. The van der Waals surface area contributed by atoms with Gasteiger partial charge in [-0.15, -0.1) is 0 Å². The Hall–Kier alpha value is -2.11. The van der Waals surface area contributed by atoms with Gasteiger partial charge < -0.3 is 10.1 Å². The van der Waals surface area contributed by atoms with E-state index < -0.39 is 10.9 Å². The maximum atomic E-state index is 10.9. The summed E-state index contributed by atoms with van der Waals surface area (Å²) in [4.78, 5) is 21.3. The van der Waals surface area contributed by atoms with Crippen LogP contribution in [0.15, 0.2) is 18.2 Å². The molecule has 1 N–H and O–H groups in total. The number of methoxy groups -OCH3 is 1. The van der Waals surface area contributed by atoms with E-state index in [-0.39, 0.29) is 12.2 Å². The van der Waals surface area contributed by atoms with Gasteiger partial charge in [0.05, 0.1) is 12.0 Å². The van der Waals surface area contributed by atoms with Crippen LogP contribution in [0, 0.1) is 10.1 Å². The number of carbonyl (C=O) groups excluding carboxylic acids is 1. The molecular formula is C11H14N2O4. The van der Waals surface area contributed by atoms with Crippen molar-refractivity contribution < 1.29 is 14.5 Å². The molecule has 6 nitrogen and oxygen atoms in total. The number of esters is 1. The molecule has 1 aromatic rings. The Bertz CT molecular complexity index is 431. The lowest BCUT2D eigenvalue weighted by atomic mass is 10.1. The number of benzene rings is 1. The van der Waals surface area contributed by atoms with Crippen molar-refractivity contribution in [3.8, 4) is 0 Å².